The molecule has 2 unspecified atom stereocenters. The van der Waals surface area contributed by atoms with Gasteiger partial charge in [-0.2, -0.15) is 14.7 Å². The molecule has 11 heteroatoms. The summed E-state index contributed by atoms with van der Waals surface area (Å²) in [6.07, 6.45) is 5.46. The minimum Gasteiger partial charge on any atom is -0.493 e. The lowest BCUT2D eigenvalue weighted by Crippen LogP contribution is -2.37. The van der Waals surface area contributed by atoms with Crippen molar-refractivity contribution in [2.75, 3.05) is 19.7 Å². The average molecular weight is 558 g/mol. The van der Waals surface area contributed by atoms with E-state index in [9.17, 15) is 23.6 Å². The lowest BCUT2D eigenvalue weighted by Gasteiger charge is -2.23. The van der Waals surface area contributed by atoms with Crippen LogP contribution in [0, 0.1) is 24.2 Å². The smallest absolute Gasteiger partial charge is 0.271 e. The van der Waals surface area contributed by atoms with Crippen LogP contribution < -0.4 is 5.56 Å². The number of aromatic hydroxyl groups is 1. The van der Waals surface area contributed by atoms with E-state index in [1.54, 1.807) is 13.8 Å². The molecule has 2 atom stereocenters. The Balaban J connectivity index is 1.88. The third-order valence-corrected chi connectivity index (χ3v) is 9.23. The minimum atomic E-state index is -3.71. The number of sulfonamides is 1. The van der Waals surface area contributed by atoms with E-state index in [1.165, 1.54) is 33.1 Å². The van der Waals surface area contributed by atoms with E-state index >= 15 is 0 Å². The molecule has 10 nitrogen and oxygen atoms in total. The zero-order valence-electron chi connectivity index (χ0n) is 23.3. The third-order valence-electron chi connectivity index (χ3n) is 7.28. The van der Waals surface area contributed by atoms with Gasteiger partial charge in [-0.25, -0.2) is 8.42 Å². The second-order valence-electron chi connectivity index (χ2n) is 9.90. The monoisotopic (exact) mass is 557 g/mol. The fourth-order valence-electron chi connectivity index (χ4n) is 4.76. The Labute approximate surface area is 231 Å². The summed E-state index contributed by atoms with van der Waals surface area (Å²) in [6, 6.07) is 7.94. The molecular formula is C28H39N5O5S. The van der Waals surface area contributed by atoms with Crippen molar-refractivity contribution in [2.45, 2.75) is 83.8 Å². The van der Waals surface area contributed by atoms with Crippen LogP contribution in [0.3, 0.4) is 0 Å². The van der Waals surface area contributed by atoms with E-state index in [2.05, 4.69) is 17.2 Å². The molecule has 0 bridgehead atoms. The molecule has 1 aromatic carbocycles. The van der Waals surface area contributed by atoms with Gasteiger partial charge in [0.05, 0.1) is 16.7 Å². The number of unbranched alkanes of at least 4 members (excludes halogenated alkanes) is 1. The summed E-state index contributed by atoms with van der Waals surface area (Å²) in [7, 11) is -3.71. The molecule has 1 aliphatic rings. The molecule has 212 valence electrons. The molecule has 0 amide bonds. The lowest BCUT2D eigenvalue weighted by molar-refractivity contribution is 0.0947. The van der Waals surface area contributed by atoms with Crippen LogP contribution in [-0.2, 0) is 21.3 Å². The van der Waals surface area contributed by atoms with E-state index in [-0.39, 0.29) is 46.2 Å². The van der Waals surface area contributed by atoms with Crippen LogP contribution in [0.1, 0.15) is 70.4 Å². The van der Waals surface area contributed by atoms with Gasteiger partial charge < -0.3 is 9.84 Å². The maximum atomic E-state index is 13.2. The van der Waals surface area contributed by atoms with Crippen molar-refractivity contribution in [3.8, 4) is 11.9 Å². The molecule has 0 spiro atoms. The Hall–Kier alpha value is -3.07. The quantitative estimate of drug-likeness (QED) is 0.320. The molecule has 1 fully saturated rings. The van der Waals surface area contributed by atoms with Crippen molar-refractivity contribution in [1.29, 1.82) is 5.26 Å². The summed E-state index contributed by atoms with van der Waals surface area (Å²) in [5, 5.41) is 29.0. The van der Waals surface area contributed by atoms with E-state index in [1.807, 2.05) is 13.0 Å². The highest BCUT2D eigenvalue weighted by atomic mass is 32.2. The van der Waals surface area contributed by atoms with E-state index < -0.39 is 15.6 Å². The summed E-state index contributed by atoms with van der Waals surface area (Å²) in [4.78, 5) is 13.1. The molecule has 2 aromatic rings. The molecule has 0 radical (unpaired) electrons. The highest BCUT2D eigenvalue weighted by molar-refractivity contribution is 7.89. The van der Waals surface area contributed by atoms with Crippen LogP contribution in [0.5, 0.6) is 5.88 Å². The van der Waals surface area contributed by atoms with Gasteiger partial charge in [-0.3, -0.25) is 9.36 Å². The van der Waals surface area contributed by atoms with Crippen LogP contribution in [0.4, 0.5) is 11.4 Å². The van der Waals surface area contributed by atoms with E-state index in [4.69, 9.17) is 4.74 Å². The molecule has 1 aliphatic heterocycles. The SMILES string of the molecule is CCCCC(CC)Cn1c(O)c(/N=N/c2ccc(S(=O)(=O)N(CC)CC3CCCO3)cc2)c(C)c(C#N)c1=O. The fraction of sp³-hybridized carbons (Fsp3) is 0.571. The van der Waals surface area contributed by atoms with Crippen LogP contribution in [-0.4, -0.2) is 48.2 Å². The first-order valence-corrected chi connectivity index (χ1v) is 15.1. The van der Waals surface area contributed by atoms with Crippen LogP contribution in [0.25, 0.3) is 0 Å². The highest BCUT2D eigenvalue weighted by Gasteiger charge is 2.28. The molecule has 0 saturated carbocycles. The van der Waals surface area contributed by atoms with E-state index in [0.717, 1.165) is 38.5 Å². The summed E-state index contributed by atoms with van der Waals surface area (Å²) in [5.74, 6) is -0.160. The molecule has 2 heterocycles. The van der Waals surface area contributed by atoms with Gasteiger partial charge in [0.1, 0.15) is 11.6 Å². The van der Waals surface area contributed by atoms with Gasteiger partial charge in [0.25, 0.3) is 5.56 Å². The predicted octanol–water partition coefficient (Wildman–Crippen LogP) is 5.56. The van der Waals surface area contributed by atoms with Crippen molar-refractivity contribution in [1.82, 2.24) is 8.87 Å². The number of benzene rings is 1. The molecule has 1 aromatic heterocycles. The van der Waals surface area contributed by atoms with Crippen molar-refractivity contribution in [2.24, 2.45) is 16.1 Å². The van der Waals surface area contributed by atoms with Gasteiger partial charge in [0.2, 0.25) is 15.9 Å². The maximum Gasteiger partial charge on any atom is 0.271 e. The molecule has 0 aliphatic carbocycles. The number of azo groups is 1. The molecular weight excluding hydrogens is 518 g/mol. The van der Waals surface area contributed by atoms with Gasteiger partial charge in [0.15, 0.2) is 5.69 Å². The normalized spacial score (nSPS) is 16.7. The number of ether oxygens (including phenoxy) is 1. The van der Waals surface area contributed by atoms with Crippen molar-refractivity contribution in [3.63, 3.8) is 0 Å². The largest absolute Gasteiger partial charge is 0.493 e. The number of pyridine rings is 1. The van der Waals surface area contributed by atoms with Crippen molar-refractivity contribution in [3.05, 3.63) is 45.7 Å². The first kappa shape index (κ1) is 30.5. The summed E-state index contributed by atoms with van der Waals surface area (Å²) >= 11 is 0. The first-order valence-electron chi connectivity index (χ1n) is 13.7. The van der Waals surface area contributed by atoms with E-state index in [0.29, 0.717) is 25.4 Å². The number of hydrogen-bond acceptors (Lipinski definition) is 8. The molecule has 1 saturated heterocycles. The Morgan fingerprint density at radius 2 is 1.95 bits per heavy atom. The average Bonchev–Trinajstić information content (AvgIpc) is 3.45. The third kappa shape index (κ3) is 7.12. The second kappa shape index (κ2) is 13.8. The molecule has 1 N–H and O–H groups in total. The number of nitrogens with zero attached hydrogens (tertiary/aromatic N) is 5. The number of nitriles is 1. The number of hydrogen-bond donors (Lipinski definition) is 1. The van der Waals surface area contributed by atoms with Crippen LogP contribution >= 0.6 is 0 Å². The molecule has 39 heavy (non-hydrogen) atoms. The van der Waals surface area contributed by atoms with Gasteiger partial charge >= 0.3 is 0 Å². The number of rotatable bonds is 13. The predicted molar refractivity (Wildman–Crippen MR) is 149 cm³/mol. The topological polar surface area (TPSA) is 137 Å². The summed E-state index contributed by atoms with van der Waals surface area (Å²) < 4.78 is 34.6. The Bertz CT molecular complexity index is 1360. The Morgan fingerprint density at radius 1 is 1.23 bits per heavy atom. The van der Waals surface area contributed by atoms with Gasteiger partial charge in [-0.15, -0.1) is 5.11 Å². The fourth-order valence-corrected chi connectivity index (χ4v) is 6.24. The first-order chi connectivity index (χ1) is 18.7. The molecule has 3 rings (SSSR count). The second-order valence-corrected chi connectivity index (χ2v) is 11.8. The van der Waals surface area contributed by atoms with Crippen LogP contribution in [0.15, 0.2) is 44.2 Å². The lowest BCUT2D eigenvalue weighted by atomic mass is 9.99. The number of aromatic nitrogens is 1. The maximum absolute atomic E-state index is 13.2. The van der Waals surface area contributed by atoms with Crippen LogP contribution in [0.2, 0.25) is 0 Å². The standard InChI is InChI=1S/C28H39N5O5S/c1-5-8-10-21(6-2)18-33-27(34)25(17-29)20(4)26(28(33)35)31-30-22-12-14-24(15-13-22)39(36,37)32(7-3)19-23-11-9-16-38-23/h12-15,21,23,35H,5-11,16,18-19H2,1-4H3/b31-30+. The van der Waals surface area contributed by atoms with Gasteiger partial charge in [-0.05, 0) is 56.4 Å². The summed E-state index contributed by atoms with van der Waals surface area (Å²) in [6.45, 7) is 9.06. The van der Waals surface area contributed by atoms with Crippen molar-refractivity contribution < 1.29 is 18.3 Å². The Kier molecular flexibility index (Phi) is 10.8. The minimum absolute atomic E-state index is 0.0434. The van der Waals surface area contributed by atoms with Gasteiger partial charge in [-0.1, -0.05) is 40.0 Å². The van der Waals surface area contributed by atoms with Crippen molar-refractivity contribution >= 4 is 21.4 Å². The summed E-state index contributed by atoms with van der Waals surface area (Å²) in [5.41, 5.74) is 0.0230. The zero-order valence-corrected chi connectivity index (χ0v) is 24.1. The Morgan fingerprint density at radius 3 is 2.51 bits per heavy atom. The zero-order chi connectivity index (χ0) is 28.6. The van der Waals surface area contributed by atoms with Gasteiger partial charge in [0, 0.05) is 31.8 Å². The highest BCUT2D eigenvalue weighted by Crippen LogP contribution is 2.33. The number of likely N-dealkylation sites (N-methyl/N-ethyl adjacent to an activating group) is 1.